The van der Waals surface area contributed by atoms with Crippen molar-refractivity contribution in [2.75, 3.05) is 17.7 Å². The minimum Gasteiger partial charge on any atom is -0.467 e. The van der Waals surface area contributed by atoms with Crippen LogP contribution in [-0.2, 0) is 6.54 Å². The van der Waals surface area contributed by atoms with Crippen molar-refractivity contribution < 1.29 is 4.42 Å². The minimum atomic E-state index is 0.585. The molecule has 0 radical (unpaired) electrons. The lowest BCUT2D eigenvalue weighted by Crippen LogP contribution is -2.17. The summed E-state index contributed by atoms with van der Waals surface area (Å²) in [6.07, 6.45) is 1.66. The fourth-order valence-corrected chi connectivity index (χ4v) is 1.50. The Hall–Kier alpha value is -1.91. The van der Waals surface area contributed by atoms with Gasteiger partial charge in [-0.1, -0.05) is 0 Å². The number of nitrogen functional groups attached to an aromatic ring is 1. The molecule has 0 atom stereocenters. The fourth-order valence-electron chi connectivity index (χ4n) is 1.50. The van der Waals surface area contributed by atoms with Crippen molar-refractivity contribution in [3.05, 3.63) is 30.0 Å². The third-order valence-electron chi connectivity index (χ3n) is 2.16. The first-order valence-corrected chi connectivity index (χ1v) is 4.72. The number of aromatic nitrogens is 2. The van der Waals surface area contributed by atoms with Crippen molar-refractivity contribution in [2.24, 2.45) is 0 Å². The van der Waals surface area contributed by atoms with Gasteiger partial charge in [-0.3, -0.25) is 0 Å². The predicted octanol–water partition coefficient (Wildman–Crippen LogP) is 1.53. The molecule has 2 heterocycles. The van der Waals surface area contributed by atoms with Crippen molar-refractivity contribution in [1.82, 2.24) is 9.97 Å². The number of hydrogen-bond donors (Lipinski definition) is 2. The maximum Gasteiger partial charge on any atom is 0.171 e. The number of aromatic amines is 1. The summed E-state index contributed by atoms with van der Waals surface area (Å²) in [4.78, 5) is 9.20. The van der Waals surface area contributed by atoms with Crippen LogP contribution in [0, 0.1) is 6.92 Å². The molecule has 0 bridgehead atoms. The number of hydrogen-bond acceptors (Lipinski definition) is 4. The molecule has 0 saturated heterocycles. The molecule has 2 aromatic heterocycles. The standard InChI is InChI=1S/C10H14N4O/c1-7-12-9(11)10(13-7)14(2)6-8-4-3-5-15-8/h3-5H,6,11H2,1-2H3,(H,12,13). The van der Waals surface area contributed by atoms with E-state index in [9.17, 15) is 0 Å². The van der Waals surface area contributed by atoms with E-state index in [0.717, 1.165) is 17.4 Å². The molecule has 3 N–H and O–H groups in total. The van der Waals surface area contributed by atoms with Gasteiger partial charge in [-0.2, -0.15) is 0 Å². The molecule has 2 aromatic rings. The molecule has 0 spiro atoms. The second-order valence-corrected chi connectivity index (χ2v) is 3.49. The summed E-state index contributed by atoms with van der Waals surface area (Å²) in [6.45, 7) is 2.53. The van der Waals surface area contributed by atoms with E-state index in [1.54, 1.807) is 6.26 Å². The highest BCUT2D eigenvalue weighted by atomic mass is 16.3. The van der Waals surface area contributed by atoms with Gasteiger partial charge in [0.2, 0.25) is 0 Å². The van der Waals surface area contributed by atoms with E-state index < -0.39 is 0 Å². The van der Waals surface area contributed by atoms with Crippen LogP contribution in [0.5, 0.6) is 0 Å². The van der Waals surface area contributed by atoms with E-state index in [4.69, 9.17) is 10.2 Å². The molecule has 0 amide bonds. The van der Waals surface area contributed by atoms with Crippen LogP contribution in [0.4, 0.5) is 11.6 Å². The van der Waals surface area contributed by atoms with Crippen LogP contribution in [-0.4, -0.2) is 17.0 Å². The number of furan rings is 1. The monoisotopic (exact) mass is 206 g/mol. The molecule has 5 heteroatoms. The van der Waals surface area contributed by atoms with Crippen LogP contribution in [0.1, 0.15) is 11.6 Å². The molecular formula is C10H14N4O. The molecule has 0 fully saturated rings. The van der Waals surface area contributed by atoms with Gasteiger partial charge in [0, 0.05) is 7.05 Å². The predicted molar refractivity (Wildman–Crippen MR) is 58.6 cm³/mol. The van der Waals surface area contributed by atoms with Crippen molar-refractivity contribution >= 4 is 11.6 Å². The number of imidazole rings is 1. The van der Waals surface area contributed by atoms with E-state index in [0.29, 0.717) is 12.4 Å². The number of nitrogens with one attached hydrogen (secondary N) is 1. The number of nitrogens with two attached hydrogens (primary N) is 1. The highest BCUT2D eigenvalue weighted by Gasteiger charge is 2.11. The van der Waals surface area contributed by atoms with Crippen LogP contribution in [0.15, 0.2) is 22.8 Å². The summed E-state index contributed by atoms with van der Waals surface area (Å²) in [5, 5.41) is 0. The molecule has 80 valence electrons. The molecule has 5 nitrogen and oxygen atoms in total. The molecule has 0 aliphatic carbocycles. The van der Waals surface area contributed by atoms with Crippen molar-refractivity contribution in [3.63, 3.8) is 0 Å². The van der Waals surface area contributed by atoms with Crippen LogP contribution in [0.2, 0.25) is 0 Å². The summed E-state index contributed by atoms with van der Waals surface area (Å²) >= 11 is 0. The summed E-state index contributed by atoms with van der Waals surface area (Å²) in [5.41, 5.74) is 5.78. The number of nitrogens with zero attached hydrogens (tertiary/aromatic N) is 2. The van der Waals surface area contributed by atoms with Crippen molar-refractivity contribution in [1.29, 1.82) is 0 Å². The van der Waals surface area contributed by atoms with Gasteiger partial charge in [0.05, 0.1) is 12.8 Å². The first-order valence-electron chi connectivity index (χ1n) is 4.72. The smallest absolute Gasteiger partial charge is 0.171 e. The Bertz CT molecular complexity index is 432. The van der Waals surface area contributed by atoms with Gasteiger partial charge in [0.25, 0.3) is 0 Å². The second kappa shape index (κ2) is 3.68. The Labute approximate surface area is 87.9 Å². The van der Waals surface area contributed by atoms with Gasteiger partial charge in [-0.15, -0.1) is 0 Å². The second-order valence-electron chi connectivity index (χ2n) is 3.49. The normalized spacial score (nSPS) is 10.5. The largest absolute Gasteiger partial charge is 0.467 e. The highest BCUT2D eigenvalue weighted by molar-refractivity contribution is 5.58. The maximum atomic E-state index is 5.78. The first-order chi connectivity index (χ1) is 7.16. The van der Waals surface area contributed by atoms with Crippen molar-refractivity contribution in [2.45, 2.75) is 13.5 Å². The molecule has 0 aliphatic rings. The summed E-state index contributed by atoms with van der Waals surface area (Å²) in [5.74, 6) is 3.04. The van der Waals surface area contributed by atoms with Gasteiger partial charge >= 0.3 is 0 Å². The third kappa shape index (κ3) is 1.96. The number of anilines is 2. The zero-order valence-electron chi connectivity index (χ0n) is 8.82. The Morgan fingerprint density at radius 3 is 2.93 bits per heavy atom. The zero-order chi connectivity index (χ0) is 10.8. The Balaban J connectivity index is 2.14. The van der Waals surface area contributed by atoms with Crippen LogP contribution in [0.25, 0.3) is 0 Å². The van der Waals surface area contributed by atoms with E-state index in [2.05, 4.69) is 9.97 Å². The molecule has 0 aromatic carbocycles. The van der Waals surface area contributed by atoms with Gasteiger partial charge in [0.1, 0.15) is 17.4 Å². The first kappa shape index (κ1) is 9.64. The lowest BCUT2D eigenvalue weighted by Gasteiger charge is -2.14. The van der Waals surface area contributed by atoms with E-state index in [1.165, 1.54) is 0 Å². The average Bonchev–Trinajstić information content (AvgIpc) is 2.75. The number of rotatable bonds is 3. The van der Waals surface area contributed by atoms with Crippen LogP contribution < -0.4 is 10.6 Å². The minimum absolute atomic E-state index is 0.585. The van der Waals surface area contributed by atoms with Gasteiger partial charge < -0.3 is 20.0 Å². The zero-order valence-corrected chi connectivity index (χ0v) is 8.82. The quantitative estimate of drug-likeness (QED) is 0.798. The van der Waals surface area contributed by atoms with Gasteiger partial charge in [-0.05, 0) is 19.1 Å². The average molecular weight is 206 g/mol. The van der Waals surface area contributed by atoms with Gasteiger partial charge in [0.15, 0.2) is 5.82 Å². The van der Waals surface area contributed by atoms with E-state index >= 15 is 0 Å². The Morgan fingerprint density at radius 1 is 1.60 bits per heavy atom. The molecule has 0 unspecified atom stereocenters. The summed E-state index contributed by atoms with van der Waals surface area (Å²) in [7, 11) is 1.93. The van der Waals surface area contributed by atoms with Crippen LogP contribution >= 0.6 is 0 Å². The summed E-state index contributed by atoms with van der Waals surface area (Å²) in [6, 6.07) is 3.79. The Kier molecular flexibility index (Phi) is 2.37. The number of H-pyrrole nitrogens is 1. The topological polar surface area (TPSA) is 71.1 Å². The lowest BCUT2D eigenvalue weighted by atomic mass is 10.4. The van der Waals surface area contributed by atoms with E-state index in [-0.39, 0.29) is 0 Å². The van der Waals surface area contributed by atoms with Gasteiger partial charge in [-0.25, -0.2) is 4.98 Å². The summed E-state index contributed by atoms with van der Waals surface area (Å²) < 4.78 is 5.25. The third-order valence-corrected chi connectivity index (χ3v) is 2.16. The maximum absolute atomic E-state index is 5.78. The number of aryl methyl sites for hydroxylation is 1. The molecule has 2 rings (SSSR count). The van der Waals surface area contributed by atoms with Crippen LogP contribution in [0.3, 0.4) is 0 Å². The molecule has 0 saturated carbocycles. The highest BCUT2D eigenvalue weighted by Crippen LogP contribution is 2.20. The van der Waals surface area contributed by atoms with Crippen molar-refractivity contribution in [3.8, 4) is 0 Å². The molecule has 0 aliphatic heterocycles. The SMILES string of the molecule is Cc1nc(N(C)Cc2ccco2)c(N)[nH]1. The van der Waals surface area contributed by atoms with E-state index in [1.807, 2.05) is 31.0 Å². The molecular weight excluding hydrogens is 192 g/mol. The lowest BCUT2D eigenvalue weighted by molar-refractivity contribution is 0.507. The Morgan fingerprint density at radius 2 is 2.40 bits per heavy atom. The molecule has 15 heavy (non-hydrogen) atoms. The fraction of sp³-hybridized carbons (Fsp3) is 0.300.